The van der Waals surface area contributed by atoms with Crippen LogP contribution in [0.5, 0.6) is 0 Å². The second kappa shape index (κ2) is 7.68. The number of carbonyl (C=O) groups excluding carboxylic acids is 1. The van der Waals surface area contributed by atoms with Crippen molar-refractivity contribution in [3.63, 3.8) is 0 Å². The lowest BCUT2D eigenvalue weighted by Crippen LogP contribution is -2.41. The molecule has 0 saturated heterocycles. The lowest BCUT2D eigenvalue weighted by Gasteiger charge is -2.18. The second-order valence-electron chi connectivity index (χ2n) is 4.85. The Morgan fingerprint density at radius 2 is 2.00 bits per heavy atom. The van der Waals surface area contributed by atoms with Crippen LogP contribution in [-0.2, 0) is 6.42 Å². The summed E-state index contributed by atoms with van der Waals surface area (Å²) in [5, 5.41) is 14.6. The minimum atomic E-state index is -0.354. The van der Waals surface area contributed by atoms with Gasteiger partial charge < -0.3 is 15.7 Å². The van der Waals surface area contributed by atoms with Gasteiger partial charge in [0.2, 0.25) is 0 Å². The van der Waals surface area contributed by atoms with Crippen molar-refractivity contribution in [2.75, 3.05) is 11.9 Å². The van der Waals surface area contributed by atoms with E-state index in [0.717, 1.165) is 18.7 Å². The van der Waals surface area contributed by atoms with Crippen LogP contribution in [-0.4, -0.2) is 33.8 Å². The zero-order chi connectivity index (χ0) is 14.3. The minimum Gasteiger partial charge on any atom is -0.394 e. The standard InChI is InChI=1S/C13H22N4O2/c1-4-12-14-6-11(7-15-12)17-13(19)16-10(8-18)5-9(2)3/h6-7,9-10,18H,4-5,8H2,1-3H3,(H2,16,17,19). The molecule has 1 aromatic heterocycles. The maximum Gasteiger partial charge on any atom is 0.319 e. The summed E-state index contributed by atoms with van der Waals surface area (Å²) in [6.45, 7) is 5.98. The number of urea groups is 1. The van der Waals surface area contributed by atoms with Crippen LogP contribution in [0.2, 0.25) is 0 Å². The summed E-state index contributed by atoms with van der Waals surface area (Å²) in [6.07, 6.45) is 4.63. The molecule has 0 aliphatic rings. The third-order valence-electron chi connectivity index (χ3n) is 2.59. The van der Waals surface area contributed by atoms with Crippen LogP contribution in [0.4, 0.5) is 10.5 Å². The van der Waals surface area contributed by atoms with Crippen LogP contribution < -0.4 is 10.6 Å². The molecule has 3 N–H and O–H groups in total. The highest BCUT2D eigenvalue weighted by Gasteiger charge is 2.13. The SMILES string of the molecule is CCc1ncc(NC(=O)NC(CO)CC(C)C)cn1. The first-order valence-corrected chi connectivity index (χ1v) is 6.54. The minimum absolute atomic E-state index is 0.0725. The molecule has 0 radical (unpaired) electrons. The first-order valence-electron chi connectivity index (χ1n) is 6.54. The molecule has 19 heavy (non-hydrogen) atoms. The van der Waals surface area contributed by atoms with Gasteiger partial charge in [0.05, 0.1) is 30.7 Å². The van der Waals surface area contributed by atoms with Crippen LogP contribution >= 0.6 is 0 Å². The van der Waals surface area contributed by atoms with Crippen LogP contribution in [0.1, 0.15) is 33.0 Å². The molecule has 1 atom stereocenters. The van der Waals surface area contributed by atoms with Gasteiger partial charge in [-0.2, -0.15) is 0 Å². The Labute approximate surface area is 113 Å². The van der Waals surface area contributed by atoms with E-state index in [0.29, 0.717) is 11.6 Å². The Bertz CT molecular complexity index is 392. The number of nitrogens with one attached hydrogen (secondary N) is 2. The van der Waals surface area contributed by atoms with Gasteiger partial charge in [-0.3, -0.25) is 0 Å². The van der Waals surface area contributed by atoms with Gasteiger partial charge in [-0.15, -0.1) is 0 Å². The number of hydrogen-bond donors (Lipinski definition) is 3. The Morgan fingerprint density at radius 3 is 2.47 bits per heavy atom. The highest BCUT2D eigenvalue weighted by atomic mass is 16.3. The molecule has 0 aliphatic heterocycles. The molecular weight excluding hydrogens is 244 g/mol. The molecule has 0 spiro atoms. The molecule has 1 unspecified atom stereocenters. The maximum absolute atomic E-state index is 11.7. The molecule has 2 amide bonds. The molecule has 1 aromatic rings. The molecule has 1 rings (SSSR count). The number of amides is 2. The first kappa shape index (κ1) is 15.4. The highest BCUT2D eigenvalue weighted by molar-refractivity contribution is 5.89. The number of aromatic nitrogens is 2. The molecule has 0 saturated carbocycles. The van der Waals surface area contributed by atoms with E-state index >= 15 is 0 Å². The monoisotopic (exact) mass is 266 g/mol. The van der Waals surface area contributed by atoms with Gasteiger partial charge >= 0.3 is 6.03 Å². The van der Waals surface area contributed by atoms with Gasteiger partial charge in [0.25, 0.3) is 0 Å². The number of aliphatic hydroxyl groups excluding tert-OH is 1. The molecule has 1 heterocycles. The van der Waals surface area contributed by atoms with Crippen molar-refractivity contribution < 1.29 is 9.90 Å². The zero-order valence-corrected chi connectivity index (χ0v) is 11.7. The Morgan fingerprint density at radius 1 is 1.37 bits per heavy atom. The molecule has 0 aliphatic carbocycles. The molecule has 106 valence electrons. The smallest absolute Gasteiger partial charge is 0.319 e. The largest absolute Gasteiger partial charge is 0.394 e. The molecule has 0 aromatic carbocycles. The number of aryl methyl sites for hydroxylation is 1. The number of aliphatic hydroxyl groups is 1. The normalized spacial score (nSPS) is 12.3. The van der Waals surface area contributed by atoms with Crippen LogP contribution in [0.3, 0.4) is 0 Å². The van der Waals surface area contributed by atoms with Gasteiger partial charge in [-0.05, 0) is 12.3 Å². The number of rotatable bonds is 6. The number of nitrogens with zero attached hydrogens (tertiary/aromatic N) is 2. The summed E-state index contributed by atoms with van der Waals surface area (Å²) in [5.74, 6) is 1.14. The van der Waals surface area contributed by atoms with Crippen LogP contribution in [0.15, 0.2) is 12.4 Å². The van der Waals surface area contributed by atoms with Crippen molar-refractivity contribution in [2.45, 2.75) is 39.7 Å². The summed E-state index contributed by atoms with van der Waals surface area (Å²) < 4.78 is 0. The topological polar surface area (TPSA) is 87.1 Å². The van der Waals surface area contributed by atoms with Crippen molar-refractivity contribution >= 4 is 11.7 Å². The number of anilines is 1. The summed E-state index contributed by atoms with van der Waals surface area (Å²) in [4.78, 5) is 19.9. The van der Waals surface area contributed by atoms with E-state index in [1.54, 1.807) is 12.4 Å². The lowest BCUT2D eigenvalue weighted by atomic mass is 10.0. The predicted octanol–water partition coefficient (Wildman–Crippen LogP) is 1.57. The van der Waals surface area contributed by atoms with E-state index in [2.05, 4.69) is 20.6 Å². The molecule has 0 fully saturated rings. The predicted molar refractivity (Wildman–Crippen MR) is 73.9 cm³/mol. The van der Waals surface area contributed by atoms with Crippen molar-refractivity contribution in [3.8, 4) is 0 Å². The Balaban J connectivity index is 2.49. The van der Waals surface area contributed by atoms with Crippen molar-refractivity contribution in [1.29, 1.82) is 0 Å². The lowest BCUT2D eigenvalue weighted by molar-refractivity contribution is 0.214. The average Bonchev–Trinajstić information content (AvgIpc) is 2.38. The number of hydrogen-bond acceptors (Lipinski definition) is 4. The maximum atomic E-state index is 11.7. The van der Waals surface area contributed by atoms with Gasteiger partial charge in [-0.25, -0.2) is 14.8 Å². The first-order chi connectivity index (χ1) is 9.05. The average molecular weight is 266 g/mol. The molecule has 0 bridgehead atoms. The fourth-order valence-corrected chi connectivity index (χ4v) is 1.70. The molecular formula is C13H22N4O2. The third kappa shape index (κ3) is 5.65. The van der Waals surface area contributed by atoms with E-state index in [1.807, 2.05) is 20.8 Å². The van der Waals surface area contributed by atoms with E-state index < -0.39 is 0 Å². The Hall–Kier alpha value is -1.69. The van der Waals surface area contributed by atoms with Crippen molar-refractivity contribution in [1.82, 2.24) is 15.3 Å². The summed E-state index contributed by atoms with van der Waals surface area (Å²) in [5.41, 5.74) is 0.538. The van der Waals surface area contributed by atoms with Gasteiger partial charge in [0, 0.05) is 6.42 Å². The van der Waals surface area contributed by atoms with Gasteiger partial charge in [0.1, 0.15) is 5.82 Å². The fourth-order valence-electron chi connectivity index (χ4n) is 1.70. The van der Waals surface area contributed by atoms with Crippen LogP contribution in [0, 0.1) is 5.92 Å². The fraction of sp³-hybridized carbons (Fsp3) is 0.615. The van der Waals surface area contributed by atoms with Gasteiger partial charge in [0.15, 0.2) is 0 Å². The van der Waals surface area contributed by atoms with E-state index in [1.165, 1.54) is 0 Å². The summed E-state index contributed by atoms with van der Waals surface area (Å²) in [6, 6.07) is -0.594. The van der Waals surface area contributed by atoms with Crippen LogP contribution in [0.25, 0.3) is 0 Å². The summed E-state index contributed by atoms with van der Waals surface area (Å²) >= 11 is 0. The quantitative estimate of drug-likeness (QED) is 0.729. The second-order valence-corrected chi connectivity index (χ2v) is 4.85. The summed E-state index contributed by atoms with van der Waals surface area (Å²) in [7, 11) is 0. The van der Waals surface area contributed by atoms with Crippen molar-refractivity contribution in [2.24, 2.45) is 5.92 Å². The van der Waals surface area contributed by atoms with E-state index in [9.17, 15) is 9.90 Å². The number of carbonyl (C=O) groups is 1. The van der Waals surface area contributed by atoms with Gasteiger partial charge in [-0.1, -0.05) is 20.8 Å². The highest BCUT2D eigenvalue weighted by Crippen LogP contribution is 2.06. The van der Waals surface area contributed by atoms with Crippen molar-refractivity contribution in [3.05, 3.63) is 18.2 Å². The Kier molecular flexibility index (Phi) is 6.21. The molecule has 6 nitrogen and oxygen atoms in total. The third-order valence-corrected chi connectivity index (χ3v) is 2.59. The zero-order valence-electron chi connectivity index (χ0n) is 11.7. The van der Waals surface area contributed by atoms with E-state index in [-0.39, 0.29) is 18.7 Å². The molecule has 6 heteroatoms. The van der Waals surface area contributed by atoms with E-state index in [4.69, 9.17) is 0 Å².